The highest BCUT2D eigenvalue weighted by atomic mass is 127. The van der Waals surface area contributed by atoms with E-state index in [-0.39, 0.29) is 36.2 Å². The SMILES string of the molecule is CCNC(=NCc1ccccc1CN1CCOCC1)N1CCOC(C2CCCO2)C1.I. The lowest BCUT2D eigenvalue weighted by Gasteiger charge is -2.37. The van der Waals surface area contributed by atoms with Gasteiger partial charge in [0.1, 0.15) is 6.10 Å². The molecule has 174 valence electrons. The first-order valence-electron chi connectivity index (χ1n) is 11.5. The molecule has 1 aromatic carbocycles. The third kappa shape index (κ3) is 7.02. The normalized spacial score (nSPS) is 25.3. The van der Waals surface area contributed by atoms with Crippen molar-refractivity contribution in [3.63, 3.8) is 0 Å². The lowest BCUT2D eigenvalue weighted by molar-refractivity contribution is -0.0817. The molecule has 3 saturated heterocycles. The van der Waals surface area contributed by atoms with Crippen molar-refractivity contribution in [1.82, 2.24) is 15.1 Å². The summed E-state index contributed by atoms with van der Waals surface area (Å²) in [5.41, 5.74) is 2.65. The summed E-state index contributed by atoms with van der Waals surface area (Å²) in [6, 6.07) is 8.68. The second-order valence-electron chi connectivity index (χ2n) is 8.23. The van der Waals surface area contributed by atoms with Gasteiger partial charge in [0.15, 0.2) is 5.96 Å². The number of ether oxygens (including phenoxy) is 3. The first kappa shape index (κ1) is 24.7. The predicted octanol–water partition coefficient (Wildman–Crippen LogP) is 2.48. The van der Waals surface area contributed by atoms with Crippen molar-refractivity contribution < 1.29 is 14.2 Å². The zero-order valence-corrected chi connectivity index (χ0v) is 21.0. The van der Waals surface area contributed by atoms with Gasteiger partial charge in [0.25, 0.3) is 0 Å². The number of nitrogens with zero attached hydrogens (tertiary/aromatic N) is 3. The van der Waals surface area contributed by atoms with Crippen molar-refractivity contribution in [1.29, 1.82) is 0 Å². The molecule has 8 heteroatoms. The van der Waals surface area contributed by atoms with Gasteiger partial charge in [-0.2, -0.15) is 0 Å². The Bertz CT molecular complexity index is 693. The fourth-order valence-corrected chi connectivity index (χ4v) is 4.44. The van der Waals surface area contributed by atoms with E-state index in [1.165, 1.54) is 11.1 Å². The summed E-state index contributed by atoms with van der Waals surface area (Å²) in [6.45, 7) is 11.6. The van der Waals surface area contributed by atoms with Crippen molar-refractivity contribution in [2.45, 2.75) is 45.1 Å². The van der Waals surface area contributed by atoms with Gasteiger partial charge in [-0.05, 0) is 30.9 Å². The van der Waals surface area contributed by atoms with E-state index in [1.54, 1.807) is 0 Å². The maximum atomic E-state index is 6.02. The molecule has 31 heavy (non-hydrogen) atoms. The highest BCUT2D eigenvalue weighted by Gasteiger charge is 2.32. The molecule has 3 aliphatic rings. The zero-order valence-electron chi connectivity index (χ0n) is 18.6. The van der Waals surface area contributed by atoms with Gasteiger partial charge in [-0.15, -0.1) is 24.0 Å². The lowest BCUT2D eigenvalue weighted by atomic mass is 10.1. The zero-order chi connectivity index (χ0) is 20.6. The Morgan fingerprint density at radius 3 is 2.55 bits per heavy atom. The smallest absolute Gasteiger partial charge is 0.194 e. The van der Waals surface area contributed by atoms with E-state index in [4.69, 9.17) is 19.2 Å². The number of hydrogen-bond donors (Lipinski definition) is 1. The van der Waals surface area contributed by atoms with E-state index >= 15 is 0 Å². The maximum absolute atomic E-state index is 6.02. The molecule has 0 aromatic heterocycles. The Hall–Kier alpha value is -0.940. The Balaban J connectivity index is 0.00000272. The van der Waals surface area contributed by atoms with Gasteiger partial charge >= 0.3 is 0 Å². The van der Waals surface area contributed by atoms with Crippen LogP contribution in [0.15, 0.2) is 29.3 Å². The lowest BCUT2D eigenvalue weighted by Crippen LogP contribution is -2.53. The van der Waals surface area contributed by atoms with Crippen LogP contribution in [0.25, 0.3) is 0 Å². The first-order valence-corrected chi connectivity index (χ1v) is 11.5. The predicted molar refractivity (Wildman–Crippen MR) is 133 cm³/mol. The van der Waals surface area contributed by atoms with Gasteiger partial charge in [0.05, 0.1) is 32.5 Å². The minimum atomic E-state index is 0. The van der Waals surface area contributed by atoms with Gasteiger partial charge in [0.2, 0.25) is 0 Å². The van der Waals surface area contributed by atoms with Crippen LogP contribution in [0.4, 0.5) is 0 Å². The Morgan fingerprint density at radius 2 is 1.81 bits per heavy atom. The Labute approximate surface area is 203 Å². The first-order chi connectivity index (χ1) is 14.8. The molecule has 3 heterocycles. The average Bonchev–Trinajstić information content (AvgIpc) is 3.33. The molecule has 0 aliphatic carbocycles. The van der Waals surface area contributed by atoms with Gasteiger partial charge in [-0.1, -0.05) is 24.3 Å². The highest BCUT2D eigenvalue weighted by Crippen LogP contribution is 2.21. The van der Waals surface area contributed by atoms with Crippen LogP contribution in [0.5, 0.6) is 0 Å². The summed E-state index contributed by atoms with van der Waals surface area (Å²) in [4.78, 5) is 9.82. The van der Waals surface area contributed by atoms with Crippen LogP contribution in [0.1, 0.15) is 30.9 Å². The molecule has 0 radical (unpaired) electrons. The molecule has 3 aliphatic heterocycles. The number of aliphatic imine (C=N–C) groups is 1. The number of morpholine rings is 2. The van der Waals surface area contributed by atoms with Crippen LogP contribution in [0.3, 0.4) is 0 Å². The van der Waals surface area contributed by atoms with Crippen LogP contribution in [0.2, 0.25) is 0 Å². The Kier molecular flexibility index (Phi) is 10.3. The van der Waals surface area contributed by atoms with E-state index in [1.807, 2.05) is 0 Å². The fourth-order valence-electron chi connectivity index (χ4n) is 4.44. The summed E-state index contributed by atoms with van der Waals surface area (Å²) >= 11 is 0. The van der Waals surface area contributed by atoms with E-state index in [2.05, 4.69) is 46.3 Å². The van der Waals surface area contributed by atoms with Gasteiger partial charge in [-0.3, -0.25) is 4.90 Å². The van der Waals surface area contributed by atoms with E-state index in [0.717, 1.165) is 84.5 Å². The average molecular weight is 544 g/mol. The number of nitrogens with one attached hydrogen (secondary N) is 1. The summed E-state index contributed by atoms with van der Waals surface area (Å²) < 4.78 is 17.4. The minimum Gasteiger partial charge on any atom is -0.379 e. The molecule has 4 rings (SSSR count). The highest BCUT2D eigenvalue weighted by molar-refractivity contribution is 14.0. The van der Waals surface area contributed by atoms with Crippen LogP contribution in [-0.4, -0.2) is 87.1 Å². The summed E-state index contributed by atoms with van der Waals surface area (Å²) in [5, 5.41) is 3.49. The second-order valence-corrected chi connectivity index (χ2v) is 8.23. The monoisotopic (exact) mass is 544 g/mol. The number of guanidine groups is 1. The molecule has 0 spiro atoms. The Morgan fingerprint density at radius 1 is 1.03 bits per heavy atom. The van der Waals surface area contributed by atoms with Crippen molar-refractivity contribution >= 4 is 29.9 Å². The largest absolute Gasteiger partial charge is 0.379 e. The van der Waals surface area contributed by atoms with Crippen LogP contribution < -0.4 is 5.32 Å². The molecule has 7 nitrogen and oxygen atoms in total. The van der Waals surface area contributed by atoms with Gasteiger partial charge in [0, 0.05) is 45.9 Å². The third-order valence-corrected chi connectivity index (χ3v) is 6.12. The second kappa shape index (κ2) is 12.9. The van der Waals surface area contributed by atoms with E-state index in [0.29, 0.717) is 6.54 Å². The van der Waals surface area contributed by atoms with Crippen molar-refractivity contribution in [3.05, 3.63) is 35.4 Å². The minimum absolute atomic E-state index is 0. The summed E-state index contributed by atoms with van der Waals surface area (Å²) in [6.07, 6.45) is 2.60. The molecule has 0 amide bonds. The van der Waals surface area contributed by atoms with Crippen LogP contribution >= 0.6 is 24.0 Å². The van der Waals surface area contributed by atoms with Crippen molar-refractivity contribution in [3.8, 4) is 0 Å². The number of benzene rings is 1. The number of hydrogen-bond acceptors (Lipinski definition) is 5. The molecular formula is C23H37IN4O3. The van der Waals surface area contributed by atoms with Crippen LogP contribution in [-0.2, 0) is 27.3 Å². The topological polar surface area (TPSA) is 58.6 Å². The summed E-state index contributed by atoms with van der Waals surface area (Å²) in [7, 11) is 0. The van der Waals surface area contributed by atoms with E-state index < -0.39 is 0 Å². The molecule has 1 N–H and O–H groups in total. The quantitative estimate of drug-likeness (QED) is 0.338. The maximum Gasteiger partial charge on any atom is 0.194 e. The fraction of sp³-hybridized carbons (Fsp3) is 0.696. The standard InChI is InChI=1S/C23H36N4O3.HI/c1-2-24-23(27-11-15-30-22(18-27)21-8-5-12-29-21)25-16-19-6-3-4-7-20(19)17-26-9-13-28-14-10-26;/h3-4,6-7,21-22H,2,5,8-18H2,1H3,(H,24,25);1H. The van der Waals surface area contributed by atoms with Crippen LogP contribution in [0, 0.1) is 0 Å². The molecule has 2 atom stereocenters. The molecule has 0 bridgehead atoms. The van der Waals surface area contributed by atoms with Gasteiger partial charge in [-0.25, -0.2) is 4.99 Å². The van der Waals surface area contributed by atoms with Crippen molar-refractivity contribution in [2.75, 3.05) is 59.2 Å². The van der Waals surface area contributed by atoms with Gasteiger partial charge < -0.3 is 24.4 Å². The molecule has 1 aromatic rings. The molecule has 2 unspecified atom stereocenters. The third-order valence-electron chi connectivity index (χ3n) is 6.12. The molecule has 3 fully saturated rings. The number of halogens is 1. The van der Waals surface area contributed by atoms with E-state index in [9.17, 15) is 0 Å². The number of rotatable bonds is 6. The van der Waals surface area contributed by atoms with Crippen molar-refractivity contribution in [2.24, 2.45) is 4.99 Å². The molecule has 0 saturated carbocycles. The summed E-state index contributed by atoms with van der Waals surface area (Å²) in [5.74, 6) is 0.977. The molecular weight excluding hydrogens is 507 g/mol.